The highest BCUT2D eigenvalue weighted by Gasteiger charge is 2.19. The number of nitrogens with zero attached hydrogens (tertiary/aromatic N) is 1. The molecule has 2 N–H and O–H groups in total. The summed E-state index contributed by atoms with van der Waals surface area (Å²) < 4.78 is 0. The molecular formula is C13H21N3O. The standard InChI is InChI=1S/C13H21N3O/c1-10-6-7-12(8-14-10)16(2)13(17)9-15-11-4-3-5-11/h6-8,10-11,14-15H,3-5,9H2,1-2H3. The molecule has 2 rings (SSSR count). The lowest BCUT2D eigenvalue weighted by Gasteiger charge is -2.28. The Kier molecular flexibility index (Phi) is 3.84. The van der Waals surface area contributed by atoms with Crippen LogP contribution in [0.2, 0.25) is 0 Å². The summed E-state index contributed by atoms with van der Waals surface area (Å²) in [6, 6.07) is 0.900. The van der Waals surface area contributed by atoms with Gasteiger partial charge in [-0.1, -0.05) is 12.5 Å². The summed E-state index contributed by atoms with van der Waals surface area (Å²) in [6.07, 6.45) is 9.64. The first-order valence-electron chi connectivity index (χ1n) is 6.31. The fourth-order valence-electron chi connectivity index (χ4n) is 1.88. The summed E-state index contributed by atoms with van der Waals surface area (Å²) in [5.74, 6) is 0.115. The van der Waals surface area contributed by atoms with Crippen LogP contribution in [0.15, 0.2) is 24.0 Å². The SMILES string of the molecule is CC1C=CC(N(C)C(=O)CNC2CCC2)=CN1. The van der Waals surface area contributed by atoms with E-state index in [9.17, 15) is 4.79 Å². The molecule has 0 saturated heterocycles. The molecule has 0 spiro atoms. The van der Waals surface area contributed by atoms with Gasteiger partial charge in [-0.25, -0.2) is 0 Å². The number of carbonyl (C=O) groups is 1. The number of likely N-dealkylation sites (N-methyl/N-ethyl adjacent to an activating group) is 1. The van der Waals surface area contributed by atoms with Crippen molar-refractivity contribution in [1.29, 1.82) is 0 Å². The molecule has 1 unspecified atom stereocenters. The second-order valence-electron chi connectivity index (χ2n) is 4.85. The second kappa shape index (κ2) is 5.36. The molecule has 1 fully saturated rings. The van der Waals surface area contributed by atoms with E-state index in [1.54, 1.807) is 4.90 Å². The van der Waals surface area contributed by atoms with Crippen LogP contribution in [0.3, 0.4) is 0 Å². The Balaban J connectivity index is 1.80. The Labute approximate surface area is 103 Å². The van der Waals surface area contributed by atoms with Gasteiger partial charge in [-0.05, 0) is 25.8 Å². The minimum Gasteiger partial charge on any atom is -0.383 e. The van der Waals surface area contributed by atoms with Gasteiger partial charge < -0.3 is 15.5 Å². The van der Waals surface area contributed by atoms with Crippen molar-refractivity contribution in [3.8, 4) is 0 Å². The Bertz CT molecular complexity index is 345. The van der Waals surface area contributed by atoms with E-state index in [1.165, 1.54) is 19.3 Å². The van der Waals surface area contributed by atoms with Crippen LogP contribution in [0.5, 0.6) is 0 Å². The number of carbonyl (C=O) groups excluding carboxylic acids is 1. The molecule has 1 heterocycles. The first kappa shape index (κ1) is 12.2. The average Bonchev–Trinajstić information content (AvgIpc) is 2.27. The van der Waals surface area contributed by atoms with Crippen LogP contribution < -0.4 is 10.6 Å². The maximum atomic E-state index is 11.9. The normalized spacial score (nSPS) is 23.6. The third-order valence-corrected chi connectivity index (χ3v) is 3.46. The molecule has 0 aromatic carbocycles. The summed E-state index contributed by atoms with van der Waals surface area (Å²) >= 11 is 0. The number of rotatable bonds is 4. The Morgan fingerprint density at radius 2 is 2.35 bits per heavy atom. The molecule has 0 aromatic heterocycles. The first-order valence-corrected chi connectivity index (χ1v) is 6.31. The van der Waals surface area contributed by atoms with Gasteiger partial charge in [0, 0.05) is 25.3 Å². The van der Waals surface area contributed by atoms with E-state index in [0.717, 1.165) is 5.70 Å². The largest absolute Gasteiger partial charge is 0.383 e. The number of nitrogens with one attached hydrogen (secondary N) is 2. The van der Waals surface area contributed by atoms with Crippen molar-refractivity contribution in [2.24, 2.45) is 0 Å². The topological polar surface area (TPSA) is 44.4 Å². The zero-order chi connectivity index (χ0) is 12.3. The molecule has 4 heteroatoms. The molecule has 1 aliphatic heterocycles. The maximum Gasteiger partial charge on any atom is 0.240 e. The number of dihydropyridines is 1. The van der Waals surface area contributed by atoms with Crippen LogP contribution in [0, 0.1) is 0 Å². The van der Waals surface area contributed by atoms with Gasteiger partial charge >= 0.3 is 0 Å². The third-order valence-electron chi connectivity index (χ3n) is 3.46. The lowest BCUT2D eigenvalue weighted by molar-refractivity contribution is -0.127. The van der Waals surface area contributed by atoms with Crippen LogP contribution in [0.25, 0.3) is 0 Å². The van der Waals surface area contributed by atoms with Crippen molar-refractivity contribution in [2.45, 2.75) is 38.3 Å². The minimum absolute atomic E-state index is 0.115. The van der Waals surface area contributed by atoms with Gasteiger partial charge in [0.05, 0.1) is 12.2 Å². The highest BCUT2D eigenvalue weighted by Crippen LogP contribution is 2.17. The molecule has 94 valence electrons. The molecule has 1 aliphatic carbocycles. The molecule has 17 heavy (non-hydrogen) atoms. The fourth-order valence-corrected chi connectivity index (χ4v) is 1.88. The lowest BCUT2D eigenvalue weighted by atomic mass is 9.93. The fraction of sp³-hybridized carbons (Fsp3) is 0.615. The van der Waals surface area contributed by atoms with E-state index in [0.29, 0.717) is 18.6 Å². The van der Waals surface area contributed by atoms with Crippen molar-refractivity contribution >= 4 is 5.91 Å². The predicted molar refractivity (Wildman–Crippen MR) is 68.2 cm³/mol. The second-order valence-corrected chi connectivity index (χ2v) is 4.85. The van der Waals surface area contributed by atoms with Gasteiger partial charge in [0.25, 0.3) is 0 Å². The summed E-state index contributed by atoms with van der Waals surface area (Å²) in [5, 5.41) is 6.48. The van der Waals surface area contributed by atoms with E-state index in [-0.39, 0.29) is 5.91 Å². The Hall–Kier alpha value is -1.29. The van der Waals surface area contributed by atoms with Gasteiger partial charge in [-0.2, -0.15) is 0 Å². The van der Waals surface area contributed by atoms with Gasteiger partial charge in [-0.3, -0.25) is 4.79 Å². The molecule has 4 nitrogen and oxygen atoms in total. The third kappa shape index (κ3) is 3.09. The van der Waals surface area contributed by atoms with E-state index < -0.39 is 0 Å². The summed E-state index contributed by atoms with van der Waals surface area (Å²) in [4.78, 5) is 13.6. The predicted octanol–water partition coefficient (Wildman–Crippen LogP) is 0.976. The molecule has 0 aromatic rings. The monoisotopic (exact) mass is 235 g/mol. The minimum atomic E-state index is 0.115. The number of hydrogen-bond donors (Lipinski definition) is 2. The zero-order valence-electron chi connectivity index (χ0n) is 10.6. The van der Waals surface area contributed by atoms with E-state index in [2.05, 4.69) is 23.6 Å². The highest BCUT2D eigenvalue weighted by atomic mass is 16.2. The molecule has 0 bridgehead atoms. The zero-order valence-corrected chi connectivity index (χ0v) is 10.6. The van der Waals surface area contributed by atoms with Gasteiger partial charge in [0.1, 0.15) is 0 Å². The summed E-state index contributed by atoms with van der Waals surface area (Å²) in [7, 11) is 1.82. The van der Waals surface area contributed by atoms with Crippen molar-refractivity contribution < 1.29 is 4.79 Å². The van der Waals surface area contributed by atoms with E-state index >= 15 is 0 Å². The Morgan fingerprint density at radius 3 is 2.88 bits per heavy atom. The summed E-state index contributed by atoms with van der Waals surface area (Å²) in [6.45, 7) is 2.51. The van der Waals surface area contributed by atoms with Crippen LogP contribution in [-0.4, -0.2) is 36.5 Å². The smallest absolute Gasteiger partial charge is 0.240 e. The van der Waals surface area contributed by atoms with Crippen LogP contribution in [-0.2, 0) is 4.79 Å². The quantitative estimate of drug-likeness (QED) is 0.763. The van der Waals surface area contributed by atoms with Gasteiger partial charge in [0.15, 0.2) is 0 Å². The summed E-state index contributed by atoms with van der Waals surface area (Å²) in [5.41, 5.74) is 0.920. The highest BCUT2D eigenvalue weighted by molar-refractivity contribution is 5.80. The molecule has 1 amide bonds. The van der Waals surface area contributed by atoms with Gasteiger partial charge in [0.2, 0.25) is 5.91 Å². The number of hydrogen-bond acceptors (Lipinski definition) is 3. The van der Waals surface area contributed by atoms with Crippen LogP contribution >= 0.6 is 0 Å². The van der Waals surface area contributed by atoms with Gasteiger partial charge in [-0.15, -0.1) is 0 Å². The van der Waals surface area contributed by atoms with Crippen molar-refractivity contribution in [3.63, 3.8) is 0 Å². The van der Waals surface area contributed by atoms with Crippen molar-refractivity contribution in [1.82, 2.24) is 15.5 Å². The van der Waals surface area contributed by atoms with E-state index in [1.807, 2.05) is 19.3 Å². The molecule has 2 aliphatic rings. The molecular weight excluding hydrogens is 214 g/mol. The lowest BCUT2D eigenvalue weighted by Crippen LogP contribution is -2.43. The van der Waals surface area contributed by atoms with E-state index in [4.69, 9.17) is 0 Å². The van der Waals surface area contributed by atoms with Crippen molar-refractivity contribution in [2.75, 3.05) is 13.6 Å². The van der Waals surface area contributed by atoms with Crippen molar-refractivity contribution in [3.05, 3.63) is 24.0 Å². The first-order chi connectivity index (χ1) is 8.16. The molecule has 1 saturated carbocycles. The Morgan fingerprint density at radius 1 is 1.59 bits per heavy atom. The van der Waals surface area contributed by atoms with Crippen LogP contribution in [0.1, 0.15) is 26.2 Å². The molecule has 1 atom stereocenters. The number of amides is 1. The average molecular weight is 235 g/mol. The maximum absolute atomic E-state index is 11.9. The van der Waals surface area contributed by atoms with Crippen LogP contribution in [0.4, 0.5) is 0 Å². The molecule has 0 radical (unpaired) electrons. The number of allylic oxidation sites excluding steroid dienone is 1.